The van der Waals surface area contributed by atoms with E-state index in [-0.39, 0.29) is 0 Å². The Kier molecular flexibility index (Phi) is 5.82. The van der Waals surface area contributed by atoms with Crippen LogP contribution in [0.1, 0.15) is 49.8 Å². The number of hydrogen-bond acceptors (Lipinski definition) is 3. The smallest absolute Gasteiger partial charge is 0.147 e. The maximum absolute atomic E-state index is 11.3. The zero-order valence-electron chi connectivity index (χ0n) is 13.1. The quantitative estimate of drug-likeness (QED) is 0.821. The van der Waals surface area contributed by atoms with Crippen molar-refractivity contribution in [1.29, 1.82) is 0 Å². The highest BCUT2D eigenvalue weighted by molar-refractivity contribution is 7.90. The summed E-state index contributed by atoms with van der Waals surface area (Å²) < 4.78 is 22.7. The molecule has 2 atom stereocenters. The van der Waals surface area contributed by atoms with Gasteiger partial charge in [0.2, 0.25) is 0 Å². The van der Waals surface area contributed by atoms with Crippen LogP contribution >= 0.6 is 0 Å². The van der Waals surface area contributed by atoms with Crippen LogP contribution < -0.4 is 5.32 Å². The Morgan fingerprint density at radius 3 is 2.76 bits per heavy atom. The van der Waals surface area contributed by atoms with Crippen LogP contribution in [0, 0.1) is 5.92 Å². The third-order valence-electron chi connectivity index (χ3n) is 4.40. The molecule has 1 aliphatic rings. The second kappa shape index (κ2) is 7.41. The molecule has 118 valence electrons. The maximum atomic E-state index is 11.3. The van der Waals surface area contributed by atoms with Crippen LogP contribution in [0.5, 0.6) is 0 Å². The lowest BCUT2D eigenvalue weighted by atomic mass is 9.87. The Bertz CT molecular complexity index is 554. The van der Waals surface area contributed by atoms with Crippen LogP contribution in [0.4, 0.5) is 0 Å². The zero-order chi connectivity index (χ0) is 15.3. The van der Waals surface area contributed by atoms with Crippen LogP contribution in [0.2, 0.25) is 0 Å². The summed E-state index contributed by atoms with van der Waals surface area (Å²) in [5.41, 5.74) is 2.87. The van der Waals surface area contributed by atoms with Crippen LogP contribution in [0.15, 0.2) is 24.3 Å². The van der Waals surface area contributed by atoms with Crippen molar-refractivity contribution in [1.82, 2.24) is 5.32 Å². The van der Waals surface area contributed by atoms with Gasteiger partial charge < -0.3 is 5.32 Å². The van der Waals surface area contributed by atoms with Gasteiger partial charge in [-0.15, -0.1) is 0 Å². The highest BCUT2D eigenvalue weighted by atomic mass is 32.2. The highest BCUT2D eigenvalue weighted by Gasteiger charge is 2.26. The monoisotopic (exact) mass is 309 g/mol. The summed E-state index contributed by atoms with van der Waals surface area (Å²) in [4.78, 5) is 0. The molecule has 3 nitrogen and oxygen atoms in total. The zero-order valence-corrected chi connectivity index (χ0v) is 14.0. The lowest BCUT2D eigenvalue weighted by Crippen LogP contribution is -2.28. The molecule has 0 aromatic heterocycles. The van der Waals surface area contributed by atoms with Gasteiger partial charge in [0.05, 0.1) is 0 Å². The third-order valence-corrected chi connectivity index (χ3v) is 5.43. The summed E-state index contributed by atoms with van der Waals surface area (Å²) in [6.07, 6.45) is 6.60. The lowest BCUT2D eigenvalue weighted by Gasteiger charge is -2.27. The number of aryl methyl sites for hydroxylation is 1. The average Bonchev–Trinajstić information content (AvgIpc) is 2.59. The van der Waals surface area contributed by atoms with Crippen molar-refractivity contribution < 1.29 is 8.42 Å². The summed E-state index contributed by atoms with van der Waals surface area (Å²) in [7, 11) is -2.84. The van der Waals surface area contributed by atoms with Crippen molar-refractivity contribution in [3.8, 4) is 0 Å². The largest absolute Gasteiger partial charge is 0.310 e. The van der Waals surface area contributed by atoms with Crippen molar-refractivity contribution in [2.24, 2.45) is 5.92 Å². The molecule has 0 radical (unpaired) electrons. The van der Waals surface area contributed by atoms with Gasteiger partial charge >= 0.3 is 0 Å². The number of hydrogen-bond donors (Lipinski definition) is 1. The molecule has 0 amide bonds. The van der Waals surface area contributed by atoms with Crippen molar-refractivity contribution in [3.05, 3.63) is 35.4 Å². The van der Waals surface area contributed by atoms with E-state index in [4.69, 9.17) is 0 Å². The molecular weight excluding hydrogens is 282 g/mol. The average molecular weight is 309 g/mol. The van der Waals surface area contributed by atoms with Crippen molar-refractivity contribution in [3.63, 3.8) is 0 Å². The normalized spacial score (nSPS) is 22.6. The minimum absolute atomic E-state index is 0.310. The SMILES string of the molecule is CCNC1c2ccccc2CCCC1CCCS(C)(=O)=O. The van der Waals surface area contributed by atoms with E-state index in [1.54, 1.807) is 0 Å². The van der Waals surface area contributed by atoms with Gasteiger partial charge in [0.15, 0.2) is 0 Å². The number of sulfone groups is 1. The molecule has 2 unspecified atom stereocenters. The summed E-state index contributed by atoms with van der Waals surface area (Å²) in [5, 5.41) is 3.63. The first kappa shape index (κ1) is 16.5. The van der Waals surface area contributed by atoms with E-state index in [0.717, 1.165) is 25.8 Å². The third kappa shape index (κ3) is 4.82. The molecule has 0 aliphatic heterocycles. The first-order valence-electron chi connectivity index (χ1n) is 8.00. The second-order valence-electron chi connectivity index (χ2n) is 6.16. The summed E-state index contributed by atoms with van der Waals surface area (Å²) in [5.74, 6) is 0.847. The van der Waals surface area contributed by atoms with E-state index >= 15 is 0 Å². The predicted octanol–water partition coefficient (Wildman–Crippen LogP) is 3.11. The van der Waals surface area contributed by atoms with Gasteiger partial charge in [0.1, 0.15) is 9.84 Å². The standard InChI is InChI=1S/C17H27NO2S/c1-3-18-17-15(11-7-13-21(2,19)20)10-6-9-14-8-4-5-12-16(14)17/h4-5,8,12,15,17-18H,3,6-7,9-11,13H2,1-2H3. The van der Waals surface area contributed by atoms with Gasteiger partial charge in [0.25, 0.3) is 0 Å². The topological polar surface area (TPSA) is 46.2 Å². The predicted molar refractivity (Wildman–Crippen MR) is 88.2 cm³/mol. The summed E-state index contributed by atoms with van der Waals surface area (Å²) >= 11 is 0. The summed E-state index contributed by atoms with van der Waals surface area (Å²) in [6, 6.07) is 9.07. The second-order valence-corrected chi connectivity index (χ2v) is 8.42. The fourth-order valence-electron chi connectivity index (χ4n) is 3.46. The first-order valence-corrected chi connectivity index (χ1v) is 10.1. The lowest BCUT2D eigenvalue weighted by molar-refractivity contribution is 0.326. The molecule has 0 heterocycles. The Morgan fingerprint density at radius 2 is 2.05 bits per heavy atom. The van der Waals surface area contributed by atoms with Crippen LogP contribution in [-0.2, 0) is 16.3 Å². The highest BCUT2D eigenvalue weighted by Crippen LogP contribution is 2.35. The Hall–Kier alpha value is -0.870. The number of benzene rings is 1. The van der Waals surface area contributed by atoms with Gasteiger partial charge in [-0.25, -0.2) is 8.42 Å². The summed E-state index contributed by atoms with van der Waals surface area (Å²) in [6.45, 7) is 3.09. The fraction of sp³-hybridized carbons (Fsp3) is 0.647. The molecule has 1 aromatic carbocycles. The van der Waals surface area contributed by atoms with E-state index in [0.29, 0.717) is 17.7 Å². The van der Waals surface area contributed by atoms with Gasteiger partial charge in [-0.2, -0.15) is 0 Å². The van der Waals surface area contributed by atoms with E-state index < -0.39 is 9.84 Å². The van der Waals surface area contributed by atoms with Gasteiger partial charge in [0, 0.05) is 18.1 Å². The van der Waals surface area contributed by atoms with Gasteiger partial charge in [-0.1, -0.05) is 31.2 Å². The molecular formula is C17H27NO2S. The van der Waals surface area contributed by atoms with Crippen LogP contribution in [0.3, 0.4) is 0 Å². The molecule has 1 aliphatic carbocycles. The number of fused-ring (bicyclic) bond motifs is 1. The van der Waals surface area contributed by atoms with Crippen LogP contribution in [-0.4, -0.2) is 27.0 Å². The molecule has 4 heteroatoms. The van der Waals surface area contributed by atoms with E-state index in [9.17, 15) is 8.42 Å². The fourth-order valence-corrected chi connectivity index (χ4v) is 4.15. The number of rotatable bonds is 6. The molecule has 1 aromatic rings. The Labute approximate surface area is 129 Å². The van der Waals surface area contributed by atoms with Crippen molar-refractivity contribution in [2.45, 2.75) is 45.1 Å². The molecule has 0 spiro atoms. The van der Waals surface area contributed by atoms with E-state index in [1.807, 2.05) is 0 Å². The van der Waals surface area contributed by atoms with Gasteiger partial charge in [-0.3, -0.25) is 0 Å². The molecule has 2 rings (SSSR count). The number of nitrogens with one attached hydrogen (secondary N) is 1. The first-order chi connectivity index (χ1) is 10.0. The van der Waals surface area contributed by atoms with Crippen molar-refractivity contribution in [2.75, 3.05) is 18.6 Å². The molecule has 1 N–H and O–H groups in total. The molecule has 0 fully saturated rings. The van der Waals surface area contributed by atoms with Crippen LogP contribution in [0.25, 0.3) is 0 Å². The Balaban J connectivity index is 2.12. The molecule has 0 saturated heterocycles. The van der Waals surface area contributed by atoms with Crippen molar-refractivity contribution >= 4 is 9.84 Å². The van der Waals surface area contributed by atoms with E-state index in [1.165, 1.54) is 30.2 Å². The molecule has 0 saturated carbocycles. The van der Waals surface area contributed by atoms with Gasteiger partial charge in [-0.05, 0) is 55.7 Å². The minimum Gasteiger partial charge on any atom is -0.310 e. The molecule has 0 bridgehead atoms. The van der Waals surface area contributed by atoms with E-state index in [2.05, 4.69) is 36.5 Å². The minimum atomic E-state index is -2.84. The Morgan fingerprint density at radius 1 is 1.29 bits per heavy atom. The maximum Gasteiger partial charge on any atom is 0.147 e. The molecule has 21 heavy (non-hydrogen) atoms.